The Morgan fingerprint density at radius 3 is 2.23 bits per heavy atom. The van der Waals surface area contributed by atoms with Crippen LogP contribution in [0.3, 0.4) is 0 Å². The minimum absolute atomic E-state index is 0.0344. The van der Waals surface area contributed by atoms with Crippen molar-refractivity contribution in [2.45, 2.75) is 56.3 Å². The second-order valence-electron chi connectivity index (χ2n) is 9.39. The molecule has 1 fully saturated rings. The van der Waals surface area contributed by atoms with Crippen LogP contribution in [0.1, 0.15) is 68.8 Å². The summed E-state index contributed by atoms with van der Waals surface area (Å²) < 4.78 is 11.4. The van der Waals surface area contributed by atoms with Gasteiger partial charge in [-0.15, -0.1) is 0 Å². The van der Waals surface area contributed by atoms with Gasteiger partial charge in [-0.3, -0.25) is 14.4 Å². The number of benzene rings is 2. The Labute approximate surface area is 199 Å². The van der Waals surface area contributed by atoms with Crippen molar-refractivity contribution < 1.29 is 44.3 Å². The number of Topliss-reactive ketones (excluding diaryl/α,β-unsaturated/α-hetero) is 1. The van der Waals surface area contributed by atoms with Gasteiger partial charge < -0.3 is 35.6 Å². The van der Waals surface area contributed by atoms with E-state index in [4.69, 9.17) is 15.2 Å². The summed E-state index contributed by atoms with van der Waals surface area (Å²) >= 11 is 0. The average molecular weight is 483 g/mol. The highest BCUT2D eigenvalue weighted by Gasteiger charge is 2.48. The average Bonchev–Trinajstić information content (AvgIpc) is 2.82. The van der Waals surface area contributed by atoms with Crippen LogP contribution in [0.15, 0.2) is 24.3 Å². The first-order valence-electron chi connectivity index (χ1n) is 11.3. The number of aliphatic hydroxyl groups excluding tert-OH is 2. The van der Waals surface area contributed by atoms with Crippen LogP contribution in [0.2, 0.25) is 0 Å². The molecule has 0 bridgehead atoms. The second-order valence-corrected chi connectivity index (χ2v) is 9.39. The molecule has 184 valence electrons. The molecule has 1 saturated heterocycles. The summed E-state index contributed by atoms with van der Waals surface area (Å²) in [4.78, 5) is 39.0. The van der Waals surface area contributed by atoms with E-state index in [0.717, 1.165) is 0 Å². The van der Waals surface area contributed by atoms with E-state index in [2.05, 4.69) is 0 Å². The van der Waals surface area contributed by atoms with Crippen LogP contribution in [-0.4, -0.2) is 68.4 Å². The number of hydrogen-bond donors (Lipinski definition) is 5. The van der Waals surface area contributed by atoms with Gasteiger partial charge in [0.25, 0.3) is 0 Å². The number of carbonyl (C=O) groups excluding carboxylic acids is 3. The van der Waals surface area contributed by atoms with Gasteiger partial charge in [-0.2, -0.15) is 0 Å². The van der Waals surface area contributed by atoms with Gasteiger partial charge in [0.2, 0.25) is 0 Å². The Morgan fingerprint density at radius 2 is 1.66 bits per heavy atom. The van der Waals surface area contributed by atoms with Crippen molar-refractivity contribution in [2.24, 2.45) is 5.73 Å². The molecule has 1 heterocycles. The van der Waals surface area contributed by atoms with Crippen LogP contribution < -0.4 is 5.73 Å². The fourth-order valence-electron chi connectivity index (χ4n) is 5.13. The smallest absolute Gasteiger partial charge is 0.198 e. The molecule has 2 aromatic rings. The fourth-order valence-corrected chi connectivity index (χ4v) is 5.13. The number of carbonyl (C=O) groups is 3. The van der Waals surface area contributed by atoms with Gasteiger partial charge in [0.05, 0.1) is 35.5 Å². The maximum absolute atomic E-state index is 13.3. The lowest BCUT2D eigenvalue weighted by Crippen LogP contribution is -2.53. The van der Waals surface area contributed by atoms with Crippen molar-refractivity contribution in [3.8, 4) is 11.5 Å². The molecule has 0 spiro atoms. The molecule has 5 rings (SSSR count). The van der Waals surface area contributed by atoms with Crippen LogP contribution in [0.4, 0.5) is 0 Å². The summed E-state index contributed by atoms with van der Waals surface area (Å²) in [5.74, 6) is -2.74. The standard InChI is InChI=1S/C25H25NO9/c1-10(27)25(26)7-13-18(16(8-25)35-17-6-14(28)15(29)9-34-17)24(33)20-19(23(13)32)21(30)11-4-2-3-5-12(11)22(20)31/h2-5,14-17,28-29,32-33H,6-9,26H2,1H3/t14?,15?,16?,17?,25-/m0/s1. The van der Waals surface area contributed by atoms with Crippen LogP contribution in [0, 0.1) is 0 Å². The molecule has 35 heavy (non-hydrogen) atoms. The molecule has 6 N–H and O–H groups in total. The van der Waals surface area contributed by atoms with Gasteiger partial charge in [-0.1, -0.05) is 24.3 Å². The molecule has 2 aliphatic carbocycles. The molecule has 5 atom stereocenters. The number of aliphatic hydroxyl groups is 2. The molecular formula is C25H25NO9. The van der Waals surface area contributed by atoms with Crippen LogP contribution >= 0.6 is 0 Å². The van der Waals surface area contributed by atoms with E-state index in [9.17, 15) is 34.8 Å². The molecule has 3 aliphatic rings. The van der Waals surface area contributed by atoms with E-state index in [-0.39, 0.29) is 59.3 Å². The van der Waals surface area contributed by atoms with Gasteiger partial charge in [-0.25, -0.2) is 0 Å². The highest BCUT2D eigenvalue weighted by molar-refractivity contribution is 6.30. The number of rotatable bonds is 3. The first-order chi connectivity index (χ1) is 16.5. The molecule has 0 radical (unpaired) electrons. The third-order valence-electron chi connectivity index (χ3n) is 7.17. The molecule has 4 unspecified atom stereocenters. The Kier molecular flexibility index (Phi) is 5.53. The third kappa shape index (κ3) is 3.57. The quantitative estimate of drug-likeness (QED) is 0.332. The van der Waals surface area contributed by atoms with E-state index in [1.54, 1.807) is 12.1 Å². The largest absolute Gasteiger partial charge is 0.507 e. The molecule has 10 nitrogen and oxygen atoms in total. The van der Waals surface area contributed by atoms with Crippen molar-refractivity contribution in [3.05, 3.63) is 57.6 Å². The number of aromatic hydroxyl groups is 2. The van der Waals surface area contributed by atoms with Crippen molar-refractivity contribution >= 4 is 17.3 Å². The van der Waals surface area contributed by atoms with Gasteiger partial charge in [-0.05, 0) is 6.92 Å². The first kappa shape index (κ1) is 23.6. The summed E-state index contributed by atoms with van der Waals surface area (Å²) in [6, 6.07) is 6.10. The Balaban J connectivity index is 1.67. The Bertz CT molecular complexity index is 1270. The predicted molar refractivity (Wildman–Crippen MR) is 119 cm³/mol. The van der Waals surface area contributed by atoms with Gasteiger partial charge in [0.15, 0.2) is 17.9 Å². The third-order valence-corrected chi connectivity index (χ3v) is 7.17. The van der Waals surface area contributed by atoms with E-state index >= 15 is 0 Å². The second kappa shape index (κ2) is 8.21. The topological polar surface area (TPSA) is 177 Å². The zero-order chi connectivity index (χ0) is 25.2. The molecule has 0 amide bonds. The van der Waals surface area contributed by atoms with E-state index in [0.29, 0.717) is 0 Å². The van der Waals surface area contributed by atoms with Crippen molar-refractivity contribution in [1.29, 1.82) is 0 Å². The maximum atomic E-state index is 13.3. The molecule has 10 heteroatoms. The van der Waals surface area contributed by atoms with Gasteiger partial charge in [0, 0.05) is 41.5 Å². The number of ether oxygens (including phenoxy) is 2. The summed E-state index contributed by atoms with van der Waals surface area (Å²) in [5.41, 5.74) is 4.47. The van der Waals surface area contributed by atoms with Gasteiger partial charge in [0.1, 0.15) is 23.4 Å². The first-order valence-corrected chi connectivity index (χ1v) is 11.3. The summed E-state index contributed by atoms with van der Waals surface area (Å²) in [7, 11) is 0. The number of phenols is 2. The lowest BCUT2D eigenvalue weighted by Gasteiger charge is -2.41. The van der Waals surface area contributed by atoms with E-state index < -0.39 is 59.0 Å². The number of fused-ring (bicyclic) bond motifs is 3. The number of hydrogen-bond acceptors (Lipinski definition) is 10. The molecule has 0 aromatic heterocycles. The van der Waals surface area contributed by atoms with E-state index in [1.165, 1.54) is 19.1 Å². The fraction of sp³-hybridized carbons (Fsp3) is 0.400. The zero-order valence-electron chi connectivity index (χ0n) is 18.9. The molecular weight excluding hydrogens is 458 g/mol. The number of phenolic OH excluding ortho intramolecular Hbond substituents is 2. The highest BCUT2D eigenvalue weighted by Crippen LogP contribution is 2.51. The zero-order valence-corrected chi connectivity index (χ0v) is 18.9. The van der Waals surface area contributed by atoms with Crippen molar-refractivity contribution in [3.63, 3.8) is 0 Å². The monoisotopic (exact) mass is 483 g/mol. The SMILES string of the molecule is CC(=O)[C@]1(N)Cc2c(O)c3c(c(O)c2C(OC2CC(O)C(O)CO2)C1)C(=O)c1ccccc1C3=O. The maximum Gasteiger partial charge on any atom is 0.198 e. The van der Waals surface area contributed by atoms with Gasteiger partial charge >= 0.3 is 0 Å². The summed E-state index contributed by atoms with van der Waals surface area (Å²) in [5, 5.41) is 42.3. The predicted octanol–water partition coefficient (Wildman–Crippen LogP) is 0.632. The highest BCUT2D eigenvalue weighted by atomic mass is 16.7. The lowest BCUT2D eigenvalue weighted by atomic mass is 9.71. The minimum atomic E-state index is -1.50. The van der Waals surface area contributed by atoms with Crippen molar-refractivity contribution in [1.82, 2.24) is 0 Å². The Hall–Kier alpha value is -3.15. The van der Waals surface area contributed by atoms with Crippen LogP contribution in [0.5, 0.6) is 11.5 Å². The molecule has 1 aliphatic heterocycles. The summed E-state index contributed by atoms with van der Waals surface area (Å²) in [6.45, 7) is 1.09. The lowest BCUT2D eigenvalue weighted by molar-refractivity contribution is -0.238. The van der Waals surface area contributed by atoms with Crippen LogP contribution in [-0.2, 0) is 20.7 Å². The summed E-state index contributed by atoms with van der Waals surface area (Å²) in [6.07, 6.45) is -4.74. The molecule has 2 aromatic carbocycles. The minimum Gasteiger partial charge on any atom is -0.507 e. The number of ketones is 3. The molecule has 0 saturated carbocycles. The van der Waals surface area contributed by atoms with E-state index in [1.807, 2.05) is 0 Å². The normalized spacial score (nSPS) is 29.8. The Morgan fingerprint density at radius 1 is 1.06 bits per heavy atom. The van der Waals surface area contributed by atoms with Crippen molar-refractivity contribution in [2.75, 3.05) is 6.61 Å². The number of nitrogens with two attached hydrogens (primary N) is 1. The van der Waals surface area contributed by atoms with Crippen LogP contribution in [0.25, 0.3) is 0 Å².